The van der Waals surface area contributed by atoms with Crippen molar-refractivity contribution in [1.82, 2.24) is 25.6 Å². The Bertz CT molecular complexity index is 371. The highest BCUT2D eigenvalue weighted by Gasteiger charge is 2.03. The molecule has 0 saturated carbocycles. The first-order valence-corrected chi connectivity index (χ1v) is 3.20. The lowest BCUT2D eigenvalue weighted by Gasteiger charge is -1.91. The van der Waals surface area contributed by atoms with Crippen molar-refractivity contribution in [3.05, 3.63) is 24.3 Å². The van der Waals surface area contributed by atoms with Crippen molar-refractivity contribution in [3.63, 3.8) is 0 Å². The number of pyridine rings is 1. The Morgan fingerprint density at radius 3 is 2.92 bits per heavy atom. The molecule has 0 atom stereocenters. The summed E-state index contributed by atoms with van der Waals surface area (Å²) in [4.78, 5) is 3.64. The van der Waals surface area contributed by atoms with Crippen molar-refractivity contribution in [2.24, 2.45) is 0 Å². The molecular formula is C6H4FN5. The molecule has 0 spiro atoms. The maximum absolute atomic E-state index is 12.6. The third-order valence-corrected chi connectivity index (χ3v) is 1.31. The van der Waals surface area contributed by atoms with E-state index in [0.717, 1.165) is 6.20 Å². The standard InChI is InChI=1S/C6H4FN5/c7-5-1-4(2-8-3-5)6-9-11-12-10-6/h1-3H,(H,9,10,11,12). The third kappa shape index (κ3) is 1.14. The van der Waals surface area contributed by atoms with Crippen molar-refractivity contribution in [2.75, 3.05) is 0 Å². The molecule has 2 rings (SSSR count). The first-order valence-electron chi connectivity index (χ1n) is 3.20. The van der Waals surface area contributed by atoms with E-state index in [1.165, 1.54) is 12.3 Å². The van der Waals surface area contributed by atoms with Gasteiger partial charge < -0.3 is 0 Å². The van der Waals surface area contributed by atoms with Crippen LogP contribution in [-0.2, 0) is 0 Å². The number of H-pyrrole nitrogens is 1. The largest absolute Gasteiger partial charge is 0.261 e. The molecule has 0 aliphatic rings. The molecule has 0 amide bonds. The molecule has 0 bridgehead atoms. The second-order valence-electron chi connectivity index (χ2n) is 2.13. The van der Waals surface area contributed by atoms with Gasteiger partial charge >= 0.3 is 0 Å². The molecule has 1 N–H and O–H groups in total. The lowest BCUT2D eigenvalue weighted by Crippen LogP contribution is -1.84. The fourth-order valence-corrected chi connectivity index (χ4v) is 0.818. The van der Waals surface area contributed by atoms with Crippen LogP contribution in [-0.4, -0.2) is 25.6 Å². The Hall–Kier alpha value is -1.85. The van der Waals surface area contributed by atoms with Gasteiger partial charge in [-0.2, -0.15) is 5.21 Å². The average Bonchev–Trinajstić information content (AvgIpc) is 2.56. The number of hydrogen-bond donors (Lipinski definition) is 1. The maximum atomic E-state index is 12.6. The monoisotopic (exact) mass is 165 g/mol. The van der Waals surface area contributed by atoms with Crippen LogP contribution in [0.5, 0.6) is 0 Å². The number of tetrazole rings is 1. The van der Waals surface area contributed by atoms with Gasteiger partial charge in [-0.15, -0.1) is 10.2 Å². The summed E-state index contributed by atoms with van der Waals surface area (Å²) in [7, 11) is 0. The summed E-state index contributed by atoms with van der Waals surface area (Å²) < 4.78 is 12.6. The first kappa shape index (κ1) is 6.84. The van der Waals surface area contributed by atoms with E-state index < -0.39 is 5.82 Å². The fourth-order valence-electron chi connectivity index (χ4n) is 0.818. The number of aromatic nitrogens is 5. The second kappa shape index (κ2) is 2.65. The maximum Gasteiger partial charge on any atom is 0.206 e. The molecule has 0 aliphatic carbocycles. The Balaban J connectivity index is 2.48. The lowest BCUT2D eigenvalue weighted by molar-refractivity contribution is 0.622. The average molecular weight is 165 g/mol. The highest BCUT2D eigenvalue weighted by Crippen LogP contribution is 2.11. The zero-order chi connectivity index (χ0) is 8.39. The van der Waals surface area contributed by atoms with Gasteiger partial charge in [0, 0.05) is 11.8 Å². The summed E-state index contributed by atoms with van der Waals surface area (Å²) in [6.45, 7) is 0. The molecule has 0 unspecified atom stereocenters. The topological polar surface area (TPSA) is 67.3 Å². The molecule has 60 valence electrons. The molecule has 2 heterocycles. The molecule has 0 aromatic carbocycles. The number of halogens is 1. The Kier molecular flexibility index (Phi) is 1.51. The molecule has 0 fully saturated rings. The third-order valence-electron chi connectivity index (χ3n) is 1.31. The molecular weight excluding hydrogens is 161 g/mol. The number of nitrogens with one attached hydrogen (secondary N) is 1. The van der Waals surface area contributed by atoms with Crippen LogP contribution in [0.1, 0.15) is 0 Å². The van der Waals surface area contributed by atoms with Gasteiger partial charge in [0.05, 0.1) is 6.20 Å². The minimum Gasteiger partial charge on any atom is -0.261 e. The predicted molar refractivity (Wildman–Crippen MR) is 37.4 cm³/mol. The zero-order valence-corrected chi connectivity index (χ0v) is 5.90. The van der Waals surface area contributed by atoms with Crippen LogP contribution in [0.4, 0.5) is 4.39 Å². The highest BCUT2D eigenvalue weighted by atomic mass is 19.1. The van der Waals surface area contributed by atoms with Gasteiger partial charge in [-0.05, 0) is 11.3 Å². The van der Waals surface area contributed by atoms with Gasteiger partial charge in [0.1, 0.15) is 5.82 Å². The van der Waals surface area contributed by atoms with Crippen molar-refractivity contribution in [1.29, 1.82) is 0 Å². The molecule has 5 nitrogen and oxygen atoms in total. The summed E-state index contributed by atoms with van der Waals surface area (Å²) in [5.41, 5.74) is 0.503. The van der Waals surface area contributed by atoms with Gasteiger partial charge in [-0.1, -0.05) is 0 Å². The zero-order valence-electron chi connectivity index (χ0n) is 5.90. The fraction of sp³-hybridized carbons (Fsp3) is 0. The number of hydrogen-bond acceptors (Lipinski definition) is 4. The van der Waals surface area contributed by atoms with Gasteiger partial charge in [0.15, 0.2) is 0 Å². The molecule has 2 aromatic rings. The summed E-state index contributed by atoms with van der Waals surface area (Å²) in [5, 5.41) is 13.0. The van der Waals surface area contributed by atoms with Crippen molar-refractivity contribution >= 4 is 0 Å². The van der Waals surface area contributed by atoms with Crippen molar-refractivity contribution in [2.45, 2.75) is 0 Å². The van der Waals surface area contributed by atoms with Gasteiger partial charge in [-0.25, -0.2) is 4.39 Å². The lowest BCUT2D eigenvalue weighted by atomic mass is 10.3. The molecule has 2 aromatic heterocycles. The molecule has 0 aliphatic heterocycles. The van der Waals surface area contributed by atoms with E-state index in [9.17, 15) is 4.39 Å². The van der Waals surface area contributed by atoms with E-state index in [2.05, 4.69) is 25.6 Å². The van der Waals surface area contributed by atoms with E-state index in [0.29, 0.717) is 11.4 Å². The number of aromatic amines is 1. The van der Waals surface area contributed by atoms with Crippen LogP contribution in [0.25, 0.3) is 11.4 Å². The van der Waals surface area contributed by atoms with Gasteiger partial charge in [-0.3, -0.25) is 4.98 Å². The van der Waals surface area contributed by atoms with Crippen LogP contribution in [0, 0.1) is 5.82 Å². The Morgan fingerprint density at radius 2 is 2.25 bits per heavy atom. The normalized spacial score (nSPS) is 10.1. The minimum absolute atomic E-state index is 0.335. The summed E-state index contributed by atoms with van der Waals surface area (Å²) >= 11 is 0. The predicted octanol–water partition coefficient (Wildman–Crippen LogP) is 0.401. The van der Waals surface area contributed by atoms with Crippen LogP contribution >= 0.6 is 0 Å². The summed E-state index contributed by atoms with van der Waals surface area (Å²) in [6, 6.07) is 1.29. The molecule has 0 saturated heterocycles. The summed E-state index contributed by atoms with van der Waals surface area (Å²) in [6.07, 6.45) is 2.58. The highest BCUT2D eigenvalue weighted by molar-refractivity contribution is 5.51. The molecule has 12 heavy (non-hydrogen) atoms. The van der Waals surface area contributed by atoms with E-state index in [1.54, 1.807) is 0 Å². The van der Waals surface area contributed by atoms with E-state index in [1.807, 2.05) is 0 Å². The molecule has 0 radical (unpaired) electrons. The van der Waals surface area contributed by atoms with E-state index in [4.69, 9.17) is 0 Å². The SMILES string of the molecule is Fc1cncc(-c2nn[nH]n2)c1. The van der Waals surface area contributed by atoms with E-state index in [-0.39, 0.29) is 0 Å². The second-order valence-corrected chi connectivity index (χ2v) is 2.13. The van der Waals surface area contributed by atoms with Crippen molar-refractivity contribution in [3.8, 4) is 11.4 Å². The smallest absolute Gasteiger partial charge is 0.206 e. The summed E-state index contributed by atoms with van der Waals surface area (Å²) in [5.74, 6) is -0.0840. The van der Waals surface area contributed by atoms with Gasteiger partial charge in [0.2, 0.25) is 5.82 Å². The number of rotatable bonds is 1. The Labute approximate surface area is 66.6 Å². The van der Waals surface area contributed by atoms with Crippen LogP contribution in [0.3, 0.4) is 0 Å². The van der Waals surface area contributed by atoms with Crippen LogP contribution in [0.15, 0.2) is 18.5 Å². The van der Waals surface area contributed by atoms with Crippen LogP contribution < -0.4 is 0 Å². The van der Waals surface area contributed by atoms with E-state index >= 15 is 0 Å². The quantitative estimate of drug-likeness (QED) is 0.664. The number of nitrogens with zero attached hydrogens (tertiary/aromatic N) is 4. The van der Waals surface area contributed by atoms with Crippen LogP contribution in [0.2, 0.25) is 0 Å². The molecule has 6 heteroatoms. The first-order chi connectivity index (χ1) is 5.86. The Morgan fingerprint density at radius 1 is 1.33 bits per heavy atom. The van der Waals surface area contributed by atoms with Gasteiger partial charge in [0.25, 0.3) is 0 Å². The minimum atomic E-state index is -0.419. The van der Waals surface area contributed by atoms with Crippen molar-refractivity contribution < 1.29 is 4.39 Å².